The van der Waals surface area contributed by atoms with Crippen LogP contribution in [-0.4, -0.2) is 53.2 Å². The molecule has 0 N–H and O–H groups in total. The van der Waals surface area contributed by atoms with Gasteiger partial charge in [-0.2, -0.15) is 4.98 Å². The maximum absolute atomic E-state index is 6.05. The minimum atomic E-state index is 0.604. The summed E-state index contributed by atoms with van der Waals surface area (Å²) in [6.45, 7) is 5.42. The molecule has 0 bridgehead atoms. The number of hydrogen-bond acceptors (Lipinski definition) is 5. The van der Waals surface area contributed by atoms with Crippen LogP contribution in [0.4, 0.5) is 0 Å². The summed E-state index contributed by atoms with van der Waals surface area (Å²) >= 11 is 6.05. The summed E-state index contributed by atoms with van der Waals surface area (Å²) in [7, 11) is 2.23. The highest BCUT2D eigenvalue weighted by Crippen LogP contribution is 2.21. The molecule has 0 radical (unpaired) electrons. The molecule has 1 aliphatic heterocycles. The Morgan fingerprint density at radius 2 is 1.90 bits per heavy atom. The van der Waals surface area contributed by atoms with Gasteiger partial charge in [0.05, 0.1) is 0 Å². The predicted molar refractivity (Wildman–Crippen MR) is 120 cm³/mol. The first-order valence-electron chi connectivity index (χ1n) is 10.7. The van der Waals surface area contributed by atoms with Crippen molar-refractivity contribution < 1.29 is 4.52 Å². The van der Waals surface area contributed by atoms with Crippen LogP contribution in [0.3, 0.4) is 0 Å². The molecule has 3 aromatic rings. The lowest BCUT2D eigenvalue weighted by molar-refractivity contribution is 0.150. The number of benzene rings is 2. The lowest BCUT2D eigenvalue weighted by Crippen LogP contribution is -2.38. The average Bonchev–Trinajstić information content (AvgIpc) is 3.23. The second-order valence-corrected chi connectivity index (χ2v) is 8.68. The highest BCUT2D eigenvalue weighted by Gasteiger charge is 2.21. The summed E-state index contributed by atoms with van der Waals surface area (Å²) < 4.78 is 5.44. The fourth-order valence-corrected chi connectivity index (χ4v) is 4.34. The third-order valence-electron chi connectivity index (χ3n) is 5.77. The molecule has 1 aromatic heterocycles. The van der Waals surface area contributed by atoms with Gasteiger partial charge in [-0.25, -0.2) is 0 Å². The molecular weight excluding hydrogens is 396 g/mol. The molecule has 0 atom stereocenters. The fraction of sp³-hybridized carbons (Fsp3) is 0.417. The molecule has 0 unspecified atom stereocenters. The Hall–Kier alpha value is -2.21. The number of hydrogen-bond donors (Lipinski definition) is 0. The van der Waals surface area contributed by atoms with Crippen molar-refractivity contribution in [3.05, 3.63) is 71.1 Å². The van der Waals surface area contributed by atoms with Crippen molar-refractivity contribution in [2.24, 2.45) is 5.92 Å². The molecule has 0 amide bonds. The Kier molecular flexibility index (Phi) is 7.16. The van der Waals surface area contributed by atoms with Gasteiger partial charge in [0.1, 0.15) is 0 Å². The maximum atomic E-state index is 6.05. The second-order valence-electron chi connectivity index (χ2n) is 8.24. The highest BCUT2D eigenvalue weighted by molar-refractivity contribution is 6.30. The van der Waals surface area contributed by atoms with E-state index >= 15 is 0 Å². The van der Waals surface area contributed by atoms with Crippen LogP contribution in [0.25, 0.3) is 11.4 Å². The first-order chi connectivity index (χ1) is 14.7. The Labute approximate surface area is 183 Å². The van der Waals surface area contributed by atoms with Gasteiger partial charge in [-0.15, -0.1) is 0 Å². The van der Waals surface area contributed by atoms with Crippen LogP contribution in [0.5, 0.6) is 0 Å². The van der Waals surface area contributed by atoms with Crippen molar-refractivity contribution in [2.75, 3.05) is 33.2 Å². The molecule has 5 nitrogen and oxygen atoms in total. The Balaban J connectivity index is 1.19. The monoisotopic (exact) mass is 424 g/mol. The molecule has 2 aromatic carbocycles. The molecule has 6 heteroatoms. The van der Waals surface area contributed by atoms with E-state index in [0.29, 0.717) is 16.7 Å². The zero-order valence-electron chi connectivity index (χ0n) is 17.5. The van der Waals surface area contributed by atoms with Gasteiger partial charge in [0.15, 0.2) is 0 Å². The molecule has 4 rings (SSSR count). The molecule has 1 saturated heterocycles. The Morgan fingerprint density at radius 1 is 1.10 bits per heavy atom. The van der Waals surface area contributed by atoms with E-state index in [1.807, 2.05) is 24.3 Å². The number of aromatic nitrogens is 2. The van der Waals surface area contributed by atoms with E-state index in [1.54, 1.807) is 0 Å². The standard InChI is InChI=1S/C24H29ClN4O/c1-28(17-19-6-3-2-4-7-19)18-20-10-13-29(14-11-20)15-12-23-26-24(27-30-23)21-8-5-9-22(25)16-21/h2-9,16,20H,10-15,17-18H2,1H3. The van der Waals surface area contributed by atoms with Gasteiger partial charge in [-0.3, -0.25) is 0 Å². The zero-order chi connectivity index (χ0) is 20.8. The normalized spacial score (nSPS) is 15.7. The molecule has 1 aliphatic rings. The van der Waals surface area contributed by atoms with E-state index < -0.39 is 0 Å². The third-order valence-corrected chi connectivity index (χ3v) is 6.00. The van der Waals surface area contributed by atoms with Gasteiger partial charge in [-0.05, 0) is 56.6 Å². The van der Waals surface area contributed by atoms with E-state index in [0.717, 1.165) is 50.6 Å². The number of nitrogens with zero attached hydrogens (tertiary/aromatic N) is 4. The van der Waals surface area contributed by atoms with E-state index in [9.17, 15) is 0 Å². The van der Waals surface area contributed by atoms with Crippen molar-refractivity contribution in [3.8, 4) is 11.4 Å². The molecule has 0 spiro atoms. The van der Waals surface area contributed by atoms with E-state index in [-0.39, 0.29) is 0 Å². The molecule has 0 saturated carbocycles. The van der Waals surface area contributed by atoms with E-state index in [2.05, 4.69) is 57.3 Å². The van der Waals surface area contributed by atoms with E-state index in [4.69, 9.17) is 16.1 Å². The average molecular weight is 425 g/mol. The number of likely N-dealkylation sites (tertiary alicyclic amines) is 1. The summed E-state index contributed by atoms with van der Waals surface area (Å²) in [5.41, 5.74) is 2.27. The van der Waals surface area contributed by atoms with Gasteiger partial charge in [0, 0.05) is 36.6 Å². The first kappa shape index (κ1) is 21.0. The second kappa shape index (κ2) is 10.2. The van der Waals surface area contributed by atoms with Crippen LogP contribution in [0, 0.1) is 5.92 Å². The maximum Gasteiger partial charge on any atom is 0.228 e. The van der Waals surface area contributed by atoms with Crippen LogP contribution < -0.4 is 0 Å². The summed E-state index contributed by atoms with van der Waals surface area (Å²) in [5.74, 6) is 2.06. The SMILES string of the molecule is CN(Cc1ccccc1)CC1CCN(CCc2nc(-c3cccc(Cl)c3)no2)CC1. The molecular formula is C24H29ClN4O. The van der Waals surface area contributed by atoms with Crippen molar-refractivity contribution in [2.45, 2.75) is 25.8 Å². The van der Waals surface area contributed by atoms with E-state index in [1.165, 1.54) is 18.4 Å². The van der Waals surface area contributed by atoms with Gasteiger partial charge < -0.3 is 14.3 Å². The van der Waals surface area contributed by atoms with Crippen molar-refractivity contribution in [1.82, 2.24) is 19.9 Å². The van der Waals surface area contributed by atoms with Crippen LogP contribution in [-0.2, 0) is 13.0 Å². The summed E-state index contributed by atoms with van der Waals surface area (Å²) in [4.78, 5) is 9.49. The van der Waals surface area contributed by atoms with Crippen LogP contribution >= 0.6 is 11.6 Å². The molecule has 2 heterocycles. The Bertz CT molecular complexity index is 922. The topological polar surface area (TPSA) is 45.4 Å². The predicted octanol–water partition coefficient (Wildman–Crippen LogP) is 4.78. The van der Waals surface area contributed by atoms with Gasteiger partial charge in [0.2, 0.25) is 11.7 Å². The fourth-order valence-electron chi connectivity index (χ4n) is 4.15. The largest absolute Gasteiger partial charge is 0.339 e. The third kappa shape index (κ3) is 5.91. The molecule has 30 heavy (non-hydrogen) atoms. The van der Waals surface area contributed by atoms with Crippen molar-refractivity contribution in [3.63, 3.8) is 0 Å². The summed E-state index contributed by atoms with van der Waals surface area (Å²) in [5, 5.41) is 4.78. The van der Waals surface area contributed by atoms with Crippen LogP contribution in [0.2, 0.25) is 5.02 Å². The number of rotatable bonds is 8. The van der Waals surface area contributed by atoms with Gasteiger partial charge in [-0.1, -0.05) is 59.2 Å². The summed E-state index contributed by atoms with van der Waals surface area (Å²) in [6.07, 6.45) is 3.28. The smallest absolute Gasteiger partial charge is 0.228 e. The first-order valence-corrected chi connectivity index (χ1v) is 11.1. The minimum Gasteiger partial charge on any atom is -0.339 e. The Morgan fingerprint density at radius 3 is 2.67 bits per heavy atom. The lowest BCUT2D eigenvalue weighted by Gasteiger charge is -2.33. The highest BCUT2D eigenvalue weighted by atomic mass is 35.5. The van der Waals surface area contributed by atoms with Crippen LogP contribution in [0.15, 0.2) is 59.1 Å². The molecule has 1 fully saturated rings. The summed E-state index contributed by atoms with van der Waals surface area (Å²) in [6, 6.07) is 18.3. The molecule has 0 aliphatic carbocycles. The van der Waals surface area contributed by atoms with Crippen LogP contribution in [0.1, 0.15) is 24.3 Å². The van der Waals surface area contributed by atoms with Crippen molar-refractivity contribution in [1.29, 1.82) is 0 Å². The number of halogens is 1. The number of piperidine rings is 1. The van der Waals surface area contributed by atoms with Gasteiger partial charge >= 0.3 is 0 Å². The zero-order valence-corrected chi connectivity index (χ0v) is 18.3. The minimum absolute atomic E-state index is 0.604. The lowest BCUT2D eigenvalue weighted by atomic mass is 9.96. The molecule has 158 valence electrons. The quantitative estimate of drug-likeness (QED) is 0.520. The van der Waals surface area contributed by atoms with Gasteiger partial charge in [0.25, 0.3) is 0 Å². The van der Waals surface area contributed by atoms with Crippen molar-refractivity contribution >= 4 is 11.6 Å².